The van der Waals surface area contributed by atoms with Gasteiger partial charge >= 0.3 is 0 Å². The Kier molecular flexibility index (Phi) is 3.97. The fraction of sp³-hybridized carbons (Fsp3) is 0.0714. The fourth-order valence-corrected chi connectivity index (χ4v) is 2.60. The molecular formula is C14H14N2O2S. The molecule has 0 saturated heterocycles. The molecule has 0 saturated carbocycles. The predicted molar refractivity (Wildman–Crippen MR) is 76.5 cm³/mol. The van der Waals surface area contributed by atoms with Crippen molar-refractivity contribution in [1.82, 2.24) is 0 Å². The number of ether oxygens (including phenoxy) is 1. The lowest BCUT2D eigenvalue weighted by Crippen LogP contribution is -2.12. The quantitative estimate of drug-likeness (QED) is 0.840. The van der Waals surface area contributed by atoms with E-state index in [0.29, 0.717) is 11.3 Å². The second-order valence-corrected chi connectivity index (χ2v) is 5.02. The molecule has 0 fully saturated rings. The van der Waals surface area contributed by atoms with Gasteiger partial charge in [0.05, 0.1) is 12.7 Å². The van der Waals surface area contributed by atoms with Crippen LogP contribution in [0.15, 0.2) is 52.3 Å². The van der Waals surface area contributed by atoms with E-state index in [1.807, 2.05) is 24.3 Å². The number of nitrogens with two attached hydrogens (primary N) is 2. The highest BCUT2D eigenvalue weighted by atomic mass is 32.2. The van der Waals surface area contributed by atoms with Gasteiger partial charge in [-0.25, -0.2) is 0 Å². The van der Waals surface area contributed by atoms with Gasteiger partial charge in [0.25, 0.3) is 0 Å². The third-order valence-electron chi connectivity index (χ3n) is 2.54. The van der Waals surface area contributed by atoms with Crippen molar-refractivity contribution >= 4 is 23.4 Å². The van der Waals surface area contributed by atoms with E-state index in [-0.39, 0.29) is 0 Å². The van der Waals surface area contributed by atoms with Crippen molar-refractivity contribution in [2.75, 3.05) is 12.8 Å². The summed E-state index contributed by atoms with van der Waals surface area (Å²) in [5, 5.41) is 0. The maximum atomic E-state index is 11.4. The number of amides is 1. The van der Waals surface area contributed by atoms with E-state index in [4.69, 9.17) is 16.2 Å². The standard InChI is InChI=1S/C14H14N2O2S/c1-18-10-3-2-4-11(8-10)19-13-6-5-9(15)7-12(13)14(16)17/h2-8H,15H2,1H3,(H2,16,17). The summed E-state index contributed by atoms with van der Waals surface area (Å²) in [6, 6.07) is 12.7. The Labute approximate surface area is 115 Å². The molecule has 0 unspecified atom stereocenters. The number of hydrogen-bond acceptors (Lipinski definition) is 4. The second-order valence-electron chi connectivity index (χ2n) is 3.90. The smallest absolute Gasteiger partial charge is 0.249 e. The Balaban J connectivity index is 2.34. The Hall–Kier alpha value is -2.14. The number of benzene rings is 2. The number of methoxy groups -OCH3 is 1. The third kappa shape index (κ3) is 3.20. The van der Waals surface area contributed by atoms with Gasteiger partial charge in [0.15, 0.2) is 0 Å². The molecule has 0 aliphatic rings. The average molecular weight is 274 g/mol. The van der Waals surface area contributed by atoms with Crippen molar-refractivity contribution in [1.29, 1.82) is 0 Å². The molecule has 0 heterocycles. The highest BCUT2D eigenvalue weighted by molar-refractivity contribution is 7.99. The zero-order valence-electron chi connectivity index (χ0n) is 10.4. The molecule has 5 heteroatoms. The van der Waals surface area contributed by atoms with Gasteiger partial charge in [0.2, 0.25) is 5.91 Å². The van der Waals surface area contributed by atoms with E-state index in [2.05, 4.69) is 0 Å². The second kappa shape index (κ2) is 5.67. The minimum Gasteiger partial charge on any atom is -0.497 e. The minimum atomic E-state index is -0.488. The van der Waals surface area contributed by atoms with Crippen LogP contribution in [0.25, 0.3) is 0 Å². The average Bonchev–Trinajstić information content (AvgIpc) is 2.41. The highest BCUT2D eigenvalue weighted by Crippen LogP contribution is 2.33. The number of rotatable bonds is 4. The summed E-state index contributed by atoms with van der Waals surface area (Å²) >= 11 is 1.44. The lowest BCUT2D eigenvalue weighted by Gasteiger charge is -2.08. The van der Waals surface area contributed by atoms with Crippen molar-refractivity contribution in [3.63, 3.8) is 0 Å². The molecule has 2 aromatic rings. The normalized spacial score (nSPS) is 10.2. The van der Waals surface area contributed by atoms with Gasteiger partial charge in [-0.1, -0.05) is 17.8 Å². The van der Waals surface area contributed by atoms with Gasteiger partial charge in [-0.05, 0) is 36.4 Å². The first kappa shape index (κ1) is 13.3. The zero-order chi connectivity index (χ0) is 13.8. The van der Waals surface area contributed by atoms with Crippen LogP contribution in [-0.4, -0.2) is 13.0 Å². The Bertz CT molecular complexity index is 614. The molecule has 1 amide bonds. The molecule has 98 valence electrons. The molecule has 2 aromatic carbocycles. The molecule has 0 bridgehead atoms. The Morgan fingerprint density at radius 2 is 2.00 bits per heavy atom. The van der Waals surface area contributed by atoms with Crippen LogP contribution < -0.4 is 16.2 Å². The molecule has 0 atom stereocenters. The highest BCUT2D eigenvalue weighted by Gasteiger charge is 2.10. The number of primary amides is 1. The molecule has 0 aromatic heterocycles. The first-order valence-corrected chi connectivity index (χ1v) is 6.43. The van der Waals surface area contributed by atoms with Crippen LogP contribution in [0, 0.1) is 0 Å². The van der Waals surface area contributed by atoms with E-state index >= 15 is 0 Å². The van der Waals surface area contributed by atoms with Crippen LogP contribution in [-0.2, 0) is 0 Å². The van der Waals surface area contributed by atoms with Gasteiger partial charge in [-0.3, -0.25) is 4.79 Å². The number of anilines is 1. The topological polar surface area (TPSA) is 78.3 Å². The van der Waals surface area contributed by atoms with Crippen molar-refractivity contribution in [2.24, 2.45) is 5.73 Å². The molecule has 4 nitrogen and oxygen atoms in total. The summed E-state index contributed by atoms with van der Waals surface area (Å²) in [7, 11) is 1.61. The van der Waals surface area contributed by atoms with Crippen molar-refractivity contribution in [2.45, 2.75) is 9.79 Å². The van der Waals surface area contributed by atoms with Crippen LogP contribution in [0.2, 0.25) is 0 Å². The number of nitrogen functional groups attached to an aromatic ring is 1. The van der Waals surface area contributed by atoms with E-state index in [1.54, 1.807) is 25.3 Å². The summed E-state index contributed by atoms with van der Waals surface area (Å²) in [5.41, 5.74) is 12.0. The summed E-state index contributed by atoms with van der Waals surface area (Å²) in [4.78, 5) is 13.2. The maximum absolute atomic E-state index is 11.4. The van der Waals surface area contributed by atoms with E-state index < -0.39 is 5.91 Å². The largest absolute Gasteiger partial charge is 0.497 e. The van der Waals surface area contributed by atoms with Gasteiger partial charge in [-0.15, -0.1) is 0 Å². The van der Waals surface area contributed by atoms with Crippen LogP contribution in [0.3, 0.4) is 0 Å². The summed E-state index contributed by atoms with van der Waals surface area (Å²) in [5.74, 6) is 0.277. The molecule has 0 aliphatic carbocycles. The fourth-order valence-electron chi connectivity index (χ4n) is 1.62. The van der Waals surface area contributed by atoms with E-state index in [0.717, 1.165) is 15.5 Å². The van der Waals surface area contributed by atoms with Crippen LogP contribution in [0.4, 0.5) is 5.69 Å². The van der Waals surface area contributed by atoms with Crippen molar-refractivity contribution in [3.05, 3.63) is 48.0 Å². The SMILES string of the molecule is COc1cccc(Sc2ccc(N)cc2C(N)=O)c1. The monoisotopic (exact) mass is 274 g/mol. The van der Waals surface area contributed by atoms with Crippen LogP contribution in [0.5, 0.6) is 5.75 Å². The Morgan fingerprint density at radius 1 is 1.21 bits per heavy atom. The summed E-state index contributed by atoms with van der Waals surface area (Å²) in [6.07, 6.45) is 0. The number of hydrogen-bond donors (Lipinski definition) is 2. The van der Waals surface area contributed by atoms with Gasteiger partial charge < -0.3 is 16.2 Å². The Morgan fingerprint density at radius 3 is 2.68 bits per heavy atom. The molecule has 0 radical (unpaired) electrons. The maximum Gasteiger partial charge on any atom is 0.249 e. The molecule has 0 spiro atoms. The summed E-state index contributed by atoms with van der Waals surface area (Å²) in [6.45, 7) is 0. The van der Waals surface area contributed by atoms with Crippen molar-refractivity contribution in [3.8, 4) is 5.75 Å². The minimum absolute atomic E-state index is 0.424. The third-order valence-corrected chi connectivity index (χ3v) is 3.60. The van der Waals surface area contributed by atoms with E-state index in [9.17, 15) is 4.79 Å². The lowest BCUT2D eigenvalue weighted by molar-refractivity contribution is 0.0997. The molecule has 2 rings (SSSR count). The first-order valence-electron chi connectivity index (χ1n) is 5.61. The van der Waals surface area contributed by atoms with Gasteiger partial charge in [0, 0.05) is 15.5 Å². The molecule has 4 N–H and O–H groups in total. The van der Waals surface area contributed by atoms with E-state index in [1.165, 1.54) is 11.8 Å². The van der Waals surface area contributed by atoms with Gasteiger partial charge in [-0.2, -0.15) is 0 Å². The number of carbonyl (C=O) groups excluding carboxylic acids is 1. The molecular weight excluding hydrogens is 260 g/mol. The van der Waals surface area contributed by atoms with Crippen molar-refractivity contribution < 1.29 is 9.53 Å². The van der Waals surface area contributed by atoms with Crippen LogP contribution in [0.1, 0.15) is 10.4 Å². The van der Waals surface area contributed by atoms with Gasteiger partial charge in [0.1, 0.15) is 5.75 Å². The number of carbonyl (C=O) groups is 1. The predicted octanol–water partition coefficient (Wildman–Crippen LogP) is 2.53. The van der Waals surface area contributed by atoms with Crippen LogP contribution >= 0.6 is 11.8 Å². The summed E-state index contributed by atoms with van der Waals surface area (Å²) < 4.78 is 5.16. The zero-order valence-corrected chi connectivity index (χ0v) is 11.2. The molecule has 19 heavy (non-hydrogen) atoms. The lowest BCUT2D eigenvalue weighted by atomic mass is 10.2. The molecule has 0 aliphatic heterocycles. The first-order chi connectivity index (χ1) is 9.10.